The molecule has 4 nitrogen and oxygen atoms in total. The van der Waals surface area contributed by atoms with Crippen LogP contribution in [0.4, 0.5) is 0 Å². The highest BCUT2D eigenvalue weighted by Gasteiger charge is 2.39. The van der Waals surface area contributed by atoms with Crippen LogP contribution in [-0.4, -0.2) is 33.6 Å². The summed E-state index contributed by atoms with van der Waals surface area (Å²) in [6.07, 6.45) is 0. The van der Waals surface area contributed by atoms with Gasteiger partial charge in [-0.3, -0.25) is 4.55 Å². The third-order valence-corrected chi connectivity index (χ3v) is 11.0. The minimum absolute atomic E-state index is 0.0185. The molecule has 1 atom stereocenters. The van der Waals surface area contributed by atoms with E-state index >= 15 is 0 Å². The second kappa shape index (κ2) is 8.90. The van der Waals surface area contributed by atoms with Crippen LogP contribution < -0.4 is 0 Å². The van der Waals surface area contributed by atoms with Crippen molar-refractivity contribution in [3.63, 3.8) is 0 Å². The Morgan fingerprint density at radius 3 is 1.71 bits per heavy atom. The zero-order valence-electron chi connectivity index (χ0n) is 17.4. The van der Waals surface area contributed by atoms with Gasteiger partial charge in [0.05, 0.1) is 5.75 Å². The second-order valence-electron chi connectivity index (χ2n) is 8.88. The SMILES string of the molecule is CC(C)(C)[Si](C)(C)OCC(CS(=O)(=O)O)C(c1ccccc1)c1ccccc1. The second-order valence-corrected chi connectivity index (χ2v) is 15.2. The predicted octanol–water partition coefficient (Wildman–Crippen LogP) is 5.34. The summed E-state index contributed by atoms with van der Waals surface area (Å²) in [5, 5.41) is 0.0185. The van der Waals surface area contributed by atoms with E-state index in [2.05, 4.69) is 33.9 Å². The highest BCUT2D eigenvalue weighted by Crippen LogP contribution is 2.39. The van der Waals surface area contributed by atoms with Gasteiger partial charge in [0, 0.05) is 18.4 Å². The molecule has 2 aromatic rings. The fraction of sp³-hybridized carbons (Fsp3) is 0.455. The topological polar surface area (TPSA) is 63.6 Å². The van der Waals surface area contributed by atoms with E-state index in [0.717, 1.165) is 11.1 Å². The lowest BCUT2D eigenvalue weighted by atomic mass is 9.82. The molecule has 154 valence electrons. The molecule has 0 aliphatic carbocycles. The van der Waals surface area contributed by atoms with Crippen molar-refractivity contribution in [3.8, 4) is 0 Å². The molecule has 0 heterocycles. The summed E-state index contributed by atoms with van der Waals surface area (Å²) in [6.45, 7) is 11.1. The summed E-state index contributed by atoms with van der Waals surface area (Å²) in [7, 11) is -6.22. The van der Waals surface area contributed by atoms with Crippen molar-refractivity contribution in [1.82, 2.24) is 0 Å². The molecule has 0 saturated carbocycles. The Balaban J connectivity index is 2.45. The van der Waals surface area contributed by atoms with Gasteiger partial charge >= 0.3 is 0 Å². The molecular formula is C22H32O4SSi. The van der Waals surface area contributed by atoms with Crippen LogP contribution in [-0.2, 0) is 14.5 Å². The van der Waals surface area contributed by atoms with Crippen molar-refractivity contribution in [3.05, 3.63) is 71.8 Å². The Hall–Kier alpha value is -1.47. The number of hydrogen-bond acceptors (Lipinski definition) is 3. The maximum Gasteiger partial charge on any atom is 0.265 e. The third-order valence-electron chi connectivity index (χ3n) is 5.68. The van der Waals surface area contributed by atoms with Gasteiger partial charge in [-0.25, -0.2) is 0 Å². The van der Waals surface area contributed by atoms with Gasteiger partial charge in [0.25, 0.3) is 10.1 Å². The van der Waals surface area contributed by atoms with Crippen molar-refractivity contribution in [2.75, 3.05) is 12.4 Å². The lowest BCUT2D eigenvalue weighted by molar-refractivity contribution is 0.225. The molecule has 2 rings (SSSR count). The molecule has 0 aliphatic rings. The molecular weight excluding hydrogens is 388 g/mol. The van der Waals surface area contributed by atoms with E-state index in [1.54, 1.807) is 0 Å². The van der Waals surface area contributed by atoms with E-state index in [1.165, 1.54) is 0 Å². The molecule has 0 bridgehead atoms. The van der Waals surface area contributed by atoms with Crippen LogP contribution in [0.25, 0.3) is 0 Å². The Labute approximate surface area is 170 Å². The number of benzene rings is 2. The van der Waals surface area contributed by atoms with Crippen LogP contribution in [0, 0.1) is 5.92 Å². The highest BCUT2D eigenvalue weighted by molar-refractivity contribution is 7.85. The molecule has 0 aliphatic heterocycles. The molecule has 1 N–H and O–H groups in total. The molecule has 28 heavy (non-hydrogen) atoms. The van der Waals surface area contributed by atoms with Gasteiger partial charge in [-0.15, -0.1) is 0 Å². The van der Waals surface area contributed by atoms with E-state index < -0.39 is 24.4 Å². The average Bonchev–Trinajstić information content (AvgIpc) is 2.59. The van der Waals surface area contributed by atoms with Crippen LogP contribution in [0.2, 0.25) is 18.1 Å². The summed E-state index contributed by atoms with van der Waals surface area (Å²) in [5.74, 6) is -0.918. The summed E-state index contributed by atoms with van der Waals surface area (Å²) in [4.78, 5) is 0. The zero-order chi connectivity index (χ0) is 21.0. The summed E-state index contributed by atoms with van der Waals surface area (Å²) < 4.78 is 39.7. The van der Waals surface area contributed by atoms with Gasteiger partial charge in [0.2, 0.25) is 0 Å². The van der Waals surface area contributed by atoms with E-state index in [1.807, 2.05) is 60.7 Å². The highest BCUT2D eigenvalue weighted by atomic mass is 32.2. The van der Waals surface area contributed by atoms with Gasteiger partial charge in [-0.2, -0.15) is 8.42 Å². The standard InChI is InChI=1S/C22H32O4SSi/c1-22(2,3)28(4,5)26-16-20(17-27(23,24)25)21(18-12-8-6-9-13-18)19-14-10-7-11-15-19/h6-15,20-21H,16-17H2,1-5H3,(H,23,24,25). The minimum Gasteiger partial charge on any atom is -0.416 e. The van der Waals surface area contributed by atoms with Crippen LogP contribution in [0.1, 0.15) is 37.8 Å². The maximum atomic E-state index is 11.8. The molecule has 0 amide bonds. The average molecular weight is 421 g/mol. The van der Waals surface area contributed by atoms with Gasteiger partial charge in [0.1, 0.15) is 0 Å². The number of hydrogen-bond donors (Lipinski definition) is 1. The van der Waals surface area contributed by atoms with Crippen molar-refractivity contribution >= 4 is 18.4 Å². The molecule has 0 aromatic heterocycles. The monoisotopic (exact) mass is 420 g/mol. The lowest BCUT2D eigenvalue weighted by Crippen LogP contribution is -2.43. The van der Waals surface area contributed by atoms with E-state index in [-0.39, 0.29) is 23.3 Å². The zero-order valence-corrected chi connectivity index (χ0v) is 19.2. The van der Waals surface area contributed by atoms with Crippen LogP contribution >= 0.6 is 0 Å². The van der Waals surface area contributed by atoms with Crippen molar-refractivity contribution < 1.29 is 17.4 Å². The first-order valence-electron chi connectivity index (χ1n) is 9.60. The minimum atomic E-state index is -4.15. The fourth-order valence-electron chi connectivity index (χ4n) is 3.10. The van der Waals surface area contributed by atoms with E-state index in [4.69, 9.17) is 4.43 Å². The third kappa shape index (κ3) is 6.27. The molecule has 0 radical (unpaired) electrons. The lowest BCUT2D eigenvalue weighted by Gasteiger charge is -2.38. The molecule has 0 saturated heterocycles. The van der Waals surface area contributed by atoms with Gasteiger partial charge in [-0.1, -0.05) is 81.4 Å². The molecule has 2 aromatic carbocycles. The van der Waals surface area contributed by atoms with Crippen LogP contribution in [0.15, 0.2) is 60.7 Å². The first-order chi connectivity index (χ1) is 12.9. The molecule has 0 fully saturated rings. The summed E-state index contributed by atoms with van der Waals surface area (Å²) in [6, 6.07) is 19.7. The van der Waals surface area contributed by atoms with Gasteiger partial charge in [0.15, 0.2) is 8.32 Å². The Morgan fingerprint density at radius 2 is 1.36 bits per heavy atom. The van der Waals surface area contributed by atoms with Crippen LogP contribution in [0.3, 0.4) is 0 Å². The Bertz CT molecular complexity index is 804. The first kappa shape index (κ1) is 22.8. The first-order valence-corrected chi connectivity index (χ1v) is 14.1. The van der Waals surface area contributed by atoms with Crippen molar-refractivity contribution in [2.45, 2.75) is 44.8 Å². The van der Waals surface area contributed by atoms with E-state index in [9.17, 15) is 13.0 Å². The largest absolute Gasteiger partial charge is 0.416 e. The van der Waals surface area contributed by atoms with Crippen LogP contribution in [0.5, 0.6) is 0 Å². The number of rotatable bonds is 8. The molecule has 1 unspecified atom stereocenters. The summed E-state index contributed by atoms with van der Waals surface area (Å²) >= 11 is 0. The molecule has 0 spiro atoms. The smallest absolute Gasteiger partial charge is 0.265 e. The summed E-state index contributed by atoms with van der Waals surface area (Å²) in [5.41, 5.74) is 2.03. The van der Waals surface area contributed by atoms with Crippen molar-refractivity contribution in [1.29, 1.82) is 0 Å². The molecule has 6 heteroatoms. The Kier molecular flexibility index (Phi) is 7.25. The Morgan fingerprint density at radius 1 is 0.929 bits per heavy atom. The quantitative estimate of drug-likeness (QED) is 0.462. The van der Waals surface area contributed by atoms with Gasteiger partial charge < -0.3 is 4.43 Å². The van der Waals surface area contributed by atoms with Gasteiger partial charge in [-0.05, 0) is 29.3 Å². The maximum absolute atomic E-state index is 11.8. The predicted molar refractivity (Wildman–Crippen MR) is 118 cm³/mol. The van der Waals surface area contributed by atoms with Crippen molar-refractivity contribution in [2.24, 2.45) is 5.92 Å². The normalized spacial score (nSPS) is 14.2. The van der Waals surface area contributed by atoms with E-state index in [0.29, 0.717) is 0 Å². The fourth-order valence-corrected chi connectivity index (χ4v) is 4.99.